The molecule has 1 aromatic rings. The number of carbonyl (C=O) groups is 3. The molecule has 0 radical (unpaired) electrons. The smallest absolute Gasteiger partial charge is 0.394 e. The van der Waals surface area contributed by atoms with Crippen LogP contribution in [0.15, 0.2) is 18.2 Å². The number of aliphatic carboxylic acids is 2. The van der Waals surface area contributed by atoms with Gasteiger partial charge in [0.25, 0.3) is 0 Å². The van der Waals surface area contributed by atoms with E-state index in [0.29, 0.717) is 17.7 Å². The van der Waals surface area contributed by atoms with Gasteiger partial charge in [-0.1, -0.05) is 25.1 Å². The Bertz CT molecular complexity index is 552. The zero-order chi connectivity index (χ0) is 15.4. The van der Waals surface area contributed by atoms with Crippen LogP contribution in [0.25, 0.3) is 0 Å². The number of anilines is 1. The average molecular weight is 279 g/mol. The lowest BCUT2D eigenvalue weighted by atomic mass is 10.0. The molecule has 0 spiro atoms. The fourth-order valence-corrected chi connectivity index (χ4v) is 2.03. The summed E-state index contributed by atoms with van der Waals surface area (Å²) < 4.78 is 0. The second-order valence-corrected chi connectivity index (χ2v) is 4.43. The number of rotatable bonds is 4. The Morgan fingerprint density at radius 2 is 1.85 bits per heavy atom. The van der Waals surface area contributed by atoms with Crippen LogP contribution in [0.4, 0.5) is 5.69 Å². The summed E-state index contributed by atoms with van der Waals surface area (Å²) in [5, 5.41) is 18.0. The highest BCUT2D eigenvalue weighted by Gasteiger charge is 2.33. The van der Waals surface area contributed by atoms with Gasteiger partial charge in [-0.25, -0.2) is 9.59 Å². The van der Waals surface area contributed by atoms with Gasteiger partial charge in [0.1, 0.15) is 6.04 Å². The maximum Gasteiger partial charge on any atom is 0.394 e. The molecule has 0 bridgehead atoms. The van der Waals surface area contributed by atoms with E-state index in [1.54, 1.807) is 25.1 Å². The van der Waals surface area contributed by atoms with Crippen molar-refractivity contribution in [3.63, 3.8) is 0 Å². The van der Waals surface area contributed by atoms with Crippen molar-refractivity contribution in [3.8, 4) is 0 Å². The largest absolute Gasteiger partial charge is 0.480 e. The molecule has 0 aliphatic heterocycles. The van der Waals surface area contributed by atoms with Gasteiger partial charge in [0.15, 0.2) is 0 Å². The number of aryl methyl sites for hydroxylation is 2. The molecule has 1 atom stereocenters. The number of carboxylic acids is 2. The third-order valence-electron chi connectivity index (χ3n) is 3.09. The van der Waals surface area contributed by atoms with Gasteiger partial charge in [-0.05, 0) is 31.4 Å². The lowest BCUT2D eigenvalue weighted by molar-refractivity contribution is -0.150. The van der Waals surface area contributed by atoms with Crippen molar-refractivity contribution in [1.82, 2.24) is 0 Å². The SMILES string of the molecule is CCc1cccc(C)c1N(C(=O)C(=O)O)C(C)C(=O)O. The van der Waals surface area contributed by atoms with Gasteiger partial charge in [0.05, 0.1) is 5.69 Å². The molecule has 0 fully saturated rings. The molecule has 0 aromatic heterocycles. The van der Waals surface area contributed by atoms with Crippen molar-refractivity contribution in [2.45, 2.75) is 33.2 Å². The second-order valence-electron chi connectivity index (χ2n) is 4.43. The average Bonchev–Trinajstić information content (AvgIpc) is 2.39. The summed E-state index contributed by atoms with van der Waals surface area (Å²) in [5.74, 6) is -4.18. The first-order valence-electron chi connectivity index (χ1n) is 6.19. The zero-order valence-electron chi connectivity index (χ0n) is 11.6. The van der Waals surface area contributed by atoms with E-state index in [1.165, 1.54) is 6.92 Å². The number of hydrogen-bond acceptors (Lipinski definition) is 3. The summed E-state index contributed by atoms with van der Waals surface area (Å²) in [5.41, 5.74) is 1.75. The summed E-state index contributed by atoms with van der Waals surface area (Å²) in [6.45, 7) is 4.85. The zero-order valence-corrected chi connectivity index (χ0v) is 11.6. The number of carbonyl (C=O) groups excluding carboxylic acids is 1. The van der Waals surface area contributed by atoms with Crippen molar-refractivity contribution in [2.24, 2.45) is 0 Å². The Labute approximate surface area is 116 Å². The predicted octanol–water partition coefficient (Wildman–Crippen LogP) is 1.45. The molecule has 6 heteroatoms. The maximum absolute atomic E-state index is 11.9. The van der Waals surface area contributed by atoms with E-state index >= 15 is 0 Å². The molecule has 0 aliphatic carbocycles. The van der Waals surface area contributed by atoms with E-state index in [1.807, 2.05) is 6.92 Å². The van der Waals surface area contributed by atoms with Gasteiger partial charge in [0, 0.05) is 0 Å². The molecule has 0 saturated heterocycles. The Kier molecular flexibility index (Phi) is 4.85. The minimum atomic E-state index is -1.68. The number of benzene rings is 1. The molecular formula is C14H17NO5. The van der Waals surface area contributed by atoms with Crippen molar-refractivity contribution in [3.05, 3.63) is 29.3 Å². The lowest BCUT2D eigenvalue weighted by Crippen LogP contribution is -2.47. The van der Waals surface area contributed by atoms with Crippen LogP contribution < -0.4 is 4.90 Å². The molecule has 2 N–H and O–H groups in total. The first-order valence-corrected chi connectivity index (χ1v) is 6.19. The first-order chi connectivity index (χ1) is 9.31. The number of carboxylic acid groups (broad SMARTS) is 2. The third-order valence-corrected chi connectivity index (χ3v) is 3.09. The molecule has 1 aromatic carbocycles. The molecule has 1 rings (SSSR count). The Hall–Kier alpha value is -2.37. The Morgan fingerprint density at radius 1 is 1.25 bits per heavy atom. The van der Waals surface area contributed by atoms with Crippen molar-refractivity contribution < 1.29 is 24.6 Å². The second kappa shape index (κ2) is 6.18. The Balaban J connectivity index is 3.49. The lowest BCUT2D eigenvalue weighted by Gasteiger charge is -2.28. The topological polar surface area (TPSA) is 94.9 Å². The molecule has 108 valence electrons. The highest BCUT2D eigenvalue weighted by Crippen LogP contribution is 2.28. The highest BCUT2D eigenvalue weighted by atomic mass is 16.4. The van der Waals surface area contributed by atoms with Crippen LogP contribution in [0.5, 0.6) is 0 Å². The van der Waals surface area contributed by atoms with E-state index in [0.717, 1.165) is 10.5 Å². The number of nitrogens with zero attached hydrogens (tertiary/aromatic N) is 1. The summed E-state index contributed by atoms with van der Waals surface area (Å²) in [6.07, 6.45) is 0.562. The van der Waals surface area contributed by atoms with E-state index in [-0.39, 0.29) is 0 Å². The van der Waals surface area contributed by atoms with Crippen LogP contribution >= 0.6 is 0 Å². The van der Waals surface area contributed by atoms with Gasteiger partial charge in [-0.15, -0.1) is 0 Å². The predicted molar refractivity (Wildman–Crippen MR) is 72.8 cm³/mol. The number of para-hydroxylation sites is 1. The molecule has 1 amide bonds. The van der Waals surface area contributed by atoms with E-state index in [4.69, 9.17) is 10.2 Å². The van der Waals surface area contributed by atoms with Gasteiger partial charge in [-0.3, -0.25) is 9.69 Å². The quantitative estimate of drug-likeness (QED) is 0.813. The molecule has 20 heavy (non-hydrogen) atoms. The number of hydrogen-bond donors (Lipinski definition) is 2. The maximum atomic E-state index is 11.9. The molecule has 0 aliphatic rings. The van der Waals surface area contributed by atoms with Crippen molar-refractivity contribution in [1.29, 1.82) is 0 Å². The van der Waals surface area contributed by atoms with Crippen LogP contribution in [-0.2, 0) is 20.8 Å². The minimum Gasteiger partial charge on any atom is -0.480 e. The van der Waals surface area contributed by atoms with Crippen molar-refractivity contribution >= 4 is 23.5 Å². The molecular weight excluding hydrogens is 262 g/mol. The van der Waals surface area contributed by atoms with Crippen LogP contribution in [-0.4, -0.2) is 34.1 Å². The molecule has 0 saturated carbocycles. The monoisotopic (exact) mass is 279 g/mol. The standard InChI is InChI=1S/C14H17NO5/c1-4-10-7-5-6-8(2)11(10)15(9(3)13(17)18)12(16)14(19)20/h5-7,9H,4H2,1-3H3,(H,17,18)(H,19,20). The fraction of sp³-hybridized carbons (Fsp3) is 0.357. The van der Waals surface area contributed by atoms with Gasteiger partial charge < -0.3 is 10.2 Å². The van der Waals surface area contributed by atoms with Crippen LogP contribution in [0.3, 0.4) is 0 Å². The highest BCUT2D eigenvalue weighted by molar-refractivity contribution is 6.38. The first kappa shape index (κ1) is 15.7. The van der Waals surface area contributed by atoms with Crippen LogP contribution in [0.2, 0.25) is 0 Å². The summed E-state index contributed by atoms with van der Waals surface area (Å²) >= 11 is 0. The van der Waals surface area contributed by atoms with Crippen LogP contribution in [0, 0.1) is 6.92 Å². The summed E-state index contributed by atoms with van der Waals surface area (Å²) in [7, 11) is 0. The normalized spacial score (nSPS) is 11.8. The third kappa shape index (κ3) is 2.96. The summed E-state index contributed by atoms with van der Waals surface area (Å²) in [6, 6.07) is 3.99. The van der Waals surface area contributed by atoms with Crippen molar-refractivity contribution in [2.75, 3.05) is 4.90 Å². The van der Waals surface area contributed by atoms with E-state index in [2.05, 4.69) is 0 Å². The minimum absolute atomic E-state index is 0.359. The fourth-order valence-electron chi connectivity index (χ4n) is 2.03. The molecule has 6 nitrogen and oxygen atoms in total. The van der Waals surface area contributed by atoms with Crippen LogP contribution in [0.1, 0.15) is 25.0 Å². The Morgan fingerprint density at radius 3 is 2.30 bits per heavy atom. The van der Waals surface area contributed by atoms with Gasteiger partial charge in [0.2, 0.25) is 0 Å². The summed E-state index contributed by atoms with van der Waals surface area (Å²) in [4.78, 5) is 34.8. The van der Waals surface area contributed by atoms with Gasteiger partial charge >= 0.3 is 17.8 Å². The molecule has 0 heterocycles. The van der Waals surface area contributed by atoms with E-state index < -0.39 is 23.9 Å². The van der Waals surface area contributed by atoms with Gasteiger partial charge in [-0.2, -0.15) is 0 Å². The molecule has 1 unspecified atom stereocenters. The number of amides is 1. The van der Waals surface area contributed by atoms with E-state index in [9.17, 15) is 14.4 Å².